The number of carbonyl (C=O) groups excluding carboxylic acids is 1. The standard InChI is InChI=1S/C12H14Cl2N2O2.ClH/c13-8-5-7(6-9(14)11(8)17)16-12(18)10-3-1-2-4-15-10;/h5-6,10,15,17H,1-4H2,(H,16,18);1H. The molecule has 4 nitrogen and oxygen atoms in total. The largest absolute Gasteiger partial charge is 0.505 e. The number of nitrogens with one attached hydrogen (secondary N) is 2. The monoisotopic (exact) mass is 324 g/mol. The van der Waals surface area contributed by atoms with Gasteiger partial charge in [0.1, 0.15) is 0 Å². The van der Waals surface area contributed by atoms with Gasteiger partial charge in [-0.15, -0.1) is 12.4 Å². The molecule has 0 radical (unpaired) electrons. The molecule has 1 aromatic carbocycles. The molecule has 2 rings (SSSR count). The maximum Gasteiger partial charge on any atom is 0.241 e. The van der Waals surface area contributed by atoms with Crippen molar-refractivity contribution in [3.8, 4) is 5.75 Å². The molecular formula is C12H15Cl3N2O2. The minimum Gasteiger partial charge on any atom is -0.505 e. The molecule has 1 aliphatic heterocycles. The molecule has 3 N–H and O–H groups in total. The van der Waals surface area contributed by atoms with Crippen LogP contribution in [0, 0.1) is 0 Å². The minimum absolute atomic E-state index is 0. The van der Waals surface area contributed by atoms with Crippen molar-refractivity contribution >= 4 is 47.2 Å². The lowest BCUT2D eigenvalue weighted by Crippen LogP contribution is -2.43. The molecule has 106 valence electrons. The highest BCUT2D eigenvalue weighted by molar-refractivity contribution is 6.37. The van der Waals surface area contributed by atoms with Crippen LogP contribution in [0.2, 0.25) is 10.0 Å². The second-order valence-electron chi connectivity index (χ2n) is 4.28. The first-order valence-electron chi connectivity index (χ1n) is 5.80. The van der Waals surface area contributed by atoms with Crippen LogP contribution in [0.3, 0.4) is 0 Å². The molecule has 1 aliphatic rings. The lowest BCUT2D eigenvalue weighted by molar-refractivity contribution is -0.118. The van der Waals surface area contributed by atoms with Crippen molar-refractivity contribution in [3.63, 3.8) is 0 Å². The summed E-state index contributed by atoms with van der Waals surface area (Å²) >= 11 is 11.6. The van der Waals surface area contributed by atoms with Crippen LogP contribution in [0.5, 0.6) is 5.75 Å². The van der Waals surface area contributed by atoms with Gasteiger partial charge in [-0.1, -0.05) is 29.6 Å². The van der Waals surface area contributed by atoms with Gasteiger partial charge in [0.15, 0.2) is 5.75 Å². The van der Waals surface area contributed by atoms with E-state index < -0.39 is 0 Å². The van der Waals surface area contributed by atoms with Gasteiger partial charge in [0, 0.05) is 5.69 Å². The summed E-state index contributed by atoms with van der Waals surface area (Å²) < 4.78 is 0. The number of aromatic hydroxyl groups is 1. The normalized spacial score (nSPS) is 18.5. The Hall–Kier alpha value is -0.680. The molecule has 0 bridgehead atoms. The second-order valence-corrected chi connectivity index (χ2v) is 5.09. The molecule has 1 aromatic rings. The molecular weight excluding hydrogens is 311 g/mol. The number of phenolic OH excluding ortho intramolecular Hbond substituents is 1. The van der Waals surface area contributed by atoms with Gasteiger partial charge < -0.3 is 15.7 Å². The Morgan fingerprint density at radius 2 is 1.95 bits per heavy atom. The number of benzene rings is 1. The number of rotatable bonds is 2. The van der Waals surface area contributed by atoms with Crippen molar-refractivity contribution in [1.29, 1.82) is 0 Å². The number of amides is 1. The van der Waals surface area contributed by atoms with Crippen LogP contribution in [-0.4, -0.2) is 23.6 Å². The van der Waals surface area contributed by atoms with E-state index >= 15 is 0 Å². The van der Waals surface area contributed by atoms with E-state index in [1.807, 2.05) is 0 Å². The zero-order valence-electron chi connectivity index (χ0n) is 10.1. The van der Waals surface area contributed by atoms with E-state index in [4.69, 9.17) is 23.2 Å². The summed E-state index contributed by atoms with van der Waals surface area (Å²) in [5.74, 6) is -0.278. The van der Waals surface area contributed by atoms with Crippen LogP contribution in [-0.2, 0) is 4.79 Å². The number of anilines is 1. The molecule has 0 saturated carbocycles. The summed E-state index contributed by atoms with van der Waals surface area (Å²) in [4.78, 5) is 12.0. The molecule has 1 fully saturated rings. The SMILES string of the molecule is Cl.O=C(Nc1cc(Cl)c(O)c(Cl)c1)C1CCCCN1. The van der Waals surface area contributed by atoms with E-state index in [0.29, 0.717) is 5.69 Å². The highest BCUT2D eigenvalue weighted by atomic mass is 35.5. The Morgan fingerprint density at radius 3 is 2.47 bits per heavy atom. The van der Waals surface area contributed by atoms with Crippen molar-refractivity contribution in [2.24, 2.45) is 0 Å². The van der Waals surface area contributed by atoms with Crippen molar-refractivity contribution in [2.75, 3.05) is 11.9 Å². The summed E-state index contributed by atoms with van der Waals surface area (Å²) in [5.41, 5.74) is 0.486. The summed E-state index contributed by atoms with van der Waals surface area (Å²) in [6.45, 7) is 0.856. The van der Waals surface area contributed by atoms with Crippen molar-refractivity contribution in [3.05, 3.63) is 22.2 Å². The van der Waals surface area contributed by atoms with E-state index in [9.17, 15) is 9.90 Å². The molecule has 1 heterocycles. The number of halogens is 3. The van der Waals surface area contributed by atoms with Gasteiger partial charge >= 0.3 is 0 Å². The Kier molecular flexibility index (Phi) is 6.20. The Bertz CT molecular complexity index is 439. The predicted molar refractivity (Wildman–Crippen MR) is 79.6 cm³/mol. The number of phenols is 1. The van der Waals surface area contributed by atoms with Crippen molar-refractivity contribution in [2.45, 2.75) is 25.3 Å². The van der Waals surface area contributed by atoms with Gasteiger partial charge in [-0.3, -0.25) is 4.79 Å². The quantitative estimate of drug-likeness (QED) is 0.732. The van der Waals surface area contributed by atoms with Gasteiger partial charge in [-0.2, -0.15) is 0 Å². The zero-order valence-corrected chi connectivity index (χ0v) is 12.4. The Labute approximate surface area is 127 Å². The van der Waals surface area contributed by atoms with Crippen molar-refractivity contribution < 1.29 is 9.90 Å². The summed E-state index contributed by atoms with van der Waals surface area (Å²) in [6.07, 6.45) is 2.97. The molecule has 0 aromatic heterocycles. The predicted octanol–water partition coefficient (Wildman–Crippen LogP) is 3.20. The Balaban J connectivity index is 0.00000180. The van der Waals surface area contributed by atoms with E-state index in [1.165, 1.54) is 12.1 Å². The van der Waals surface area contributed by atoms with E-state index in [0.717, 1.165) is 25.8 Å². The van der Waals surface area contributed by atoms with Gasteiger partial charge in [0.05, 0.1) is 16.1 Å². The topological polar surface area (TPSA) is 61.4 Å². The molecule has 1 amide bonds. The van der Waals surface area contributed by atoms with Gasteiger partial charge in [0.25, 0.3) is 0 Å². The molecule has 0 aliphatic carbocycles. The first-order chi connectivity index (χ1) is 8.58. The highest BCUT2D eigenvalue weighted by Crippen LogP contribution is 2.34. The van der Waals surface area contributed by atoms with Crippen LogP contribution in [0.25, 0.3) is 0 Å². The minimum atomic E-state index is -0.176. The van der Waals surface area contributed by atoms with Crippen LogP contribution >= 0.6 is 35.6 Å². The van der Waals surface area contributed by atoms with Crippen LogP contribution < -0.4 is 10.6 Å². The summed E-state index contributed by atoms with van der Waals surface area (Å²) in [6, 6.07) is 2.78. The fourth-order valence-corrected chi connectivity index (χ4v) is 2.43. The lowest BCUT2D eigenvalue weighted by atomic mass is 10.0. The third kappa shape index (κ3) is 4.14. The van der Waals surface area contributed by atoms with Gasteiger partial charge in [0.2, 0.25) is 5.91 Å². The van der Waals surface area contributed by atoms with E-state index in [1.54, 1.807) is 0 Å². The Morgan fingerprint density at radius 1 is 1.32 bits per heavy atom. The molecule has 1 unspecified atom stereocenters. The van der Waals surface area contributed by atoms with Crippen molar-refractivity contribution in [1.82, 2.24) is 5.32 Å². The summed E-state index contributed by atoms with van der Waals surface area (Å²) in [7, 11) is 0. The van der Waals surface area contributed by atoms with Gasteiger partial charge in [-0.05, 0) is 31.5 Å². The average molecular weight is 326 g/mol. The fraction of sp³-hybridized carbons (Fsp3) is 0.417. The molecule has 7 heteroatoms. The first-order valence-corrected chi connectivity index (χ1v) is 6.56. The van der Waals surface area contributed by atoms with Gasteiger partial charge in [-0.25, -0.2) is 0 Å². The number of hydrogen-bond acceptors (Lipinski definition) is 3. The number of carbonyl (C=O) groups is 1. The number of piperidine rings is 1. The van der Waals surface area contributed by atoms with Crippen LogP contribution in [0.4, 0.5) is 5.69 Å². The first kappa shape index (κ1) is 16.4. The third-order valence-electron chi connectivity index (χ3n) is 2.91. The maximum atomic E-state index is 12.0. The van der Waals surface area contributed by atoms with Crippen LogP contribution in [0.1, 0.15) is 19.3 Å². The summed E-state index contributed by atoms with van der Waals surface area (Å²) in [5, 5.41) is 15.6. The van der Waals surface area contributed by atoms with Crippen LogP contribution in [0.15, 0.2) is 12.1 Å². The third-order valence-corrected chi connectivity index (χ3v) is 3.49. The number of hydrogen-bond donors (Lipinski definition) is 3. The fourth-order valence-electron chi connectivity index (χ4n) is 1.94. The zero-order chi connectivity index (χ0) is 13.1. The van der Waals surface area contributed by atoms with E-state index in [-0.39, 0.29) is 40.2 Å². The molecule has 0 spiro atoms. The second kappa shape index (κ2) is 7.20. The van der Waals surface area contributed by atoms with E-state index in [2.05, 4.69) is 10.6 Å². The molecule has 19 heavy (non-hydrogen) atoms. The molecule has 1 atom stereocenters. The highest BCUT2D eigenvalue weighted by Gasteiger charge is 2.20. The lowest BCUT2D eigenvalue weighted by Gasteiger charge is -2.22. The molecule has 1 saturated heterocycles. The average Bonchev–Trinajstić information content (AvgIpc) is 2.37. The maximum absolute atomic E-state index is 12.0. The smallest absolute Gasteiger partial charge is 0.241 e.